The predicted molar refractivity (Wildman–Crippen MR) is 84.9 cm³/mol. The van der Waals surface area contributed by atoms with Gasteiger partial charge in [0.2, 0.25) is 5.89 Å². The summed E-state index contributed by atoms with van der Waals surface area (Å²) in [7, 11) is 1.62. The van der Waals surface area contributed by atoms with E-state index in [1.807, 2.05) is 18.2 Å². The third-order valence-corrected chi connectivity index (χ3v) is 3.34. The average Bonchev–Trinajstić information content (AvgIpc) is 2.86. The minimum atomic E-state index is -0.00210. The first-order valence-corrected chi connectivity index (χ1v) is 7.34. The van der Waals surface area contributed by atoms with E-state index in [9.17, 15) is 0 Å². The van der Waals surface area contributed by atoms with Gasteiger partial charge in [-0.2, -0.15) is 0 Å². The summed E-state index contributed by atoms with van der Waals surface area (Å²) in [6, 6.07) is 5.94. The lowest BCUT2D eigenvalue weighted by molar-refractivity contribution is 0.384. The molecule has 0 aliphatic rings. The Labute approximate surface area is 132 Å². The van der Waals surface area contributed by atoms with Crippen LogP contribution in [0.3, 0.4) is 0 Å². The van der Waals surface area contributed by atoms with Crippen LogP contribution in [0.15, 0.2) is 27.1 Å². The predicted octanol–water partition coefficient (Wildman–Crippen LogP) is 3.47. The molecule has 1 heterocycles. The second kappa shape index (κ2) is 6.44. The van der Waals surface area contributed by atoms with Gasteiger partial charge in [0.1, 0.15) is 5.75 Å². The molecule has 2 rings (SSSR count). The van der Waals surface area contributed by atoms with Crippen molar-refractivity contribution in [3.63, 3.8) is 0 Å². The zero-order chi connectivity index (χ0) is 15.5. The van der Waals surface area contributed by atoms with E-state index in [1.165, 1.54) is 0 Å². The van der Waals surface area contributed by atoms with Gasteiger partial charge in [-0.15, -0.1) is 5.10 Å². The molecular formula is C14H19BrN4O2. The maximum absolute atomic E-state index is 5.55. The maximum Gasteiger partial charge on any atom is 0.320 e. The van der Waals surface area contributed by atoms with Crippen LogP contribution in [0.1, 0.15) is 26.7 Å². The molecule has 0 spiro atoms. The van der Waals surface area contributed by atoms with Gasteiger partial charge in [-0.1, -0.05) is 5.10 Å². The molecule has 0 saturated heterocycles. The fourth-order valence-corrected chi connectivity index (χ4v) is 1.90. The van der Waals surface area contributed by atoms with E-state index in [2.05, 4.69) is 57.5 Å². The van der Waals surface area contributed by atoms with Crippen molar-refractivity contribution >= 4 is 27.6 Å². The number of nitrogens with zero attached hydrogens (tertiary/aromatic N) is 2. The number of rotatable bonds is 5. The van der Waals surface area contributed by atoms with Gasteiger partial charge >= 0.3 is 6.01 Å². The number of ether oxygens (including phenoxy) is 1. The highest BCUT2D eigenvalue weighted by Gasteiger charge is 2.13. The zero-order valence-corrected chi connectivity index (χ0v) is 14.1. The monoisotopic (exact) mass is 354 g/mol. The summed E-state index contributed by atoms with van der Waals surface area (Å²) in [6.45, 7) is 6.76. The first kappa shape index (κ1) is 15.8. The van der Waals surface area contributed by atoms with Gasteiger partial charge in [-0.3, -0.25) is 0 Å². The van der Waals surface area contributed by atoms with E-state index in [4.69, 9.17) is 9.15 Å². The van der Waals surface area contributed by atoms with Crippen molar-refractivity contribution in [3.8, 4) is 5.75 Å². The summed E-state index contributed by atoms with van der Waals surface area (Å²) >= 11 is 3.46. The number of halogens is 1. The Morgan fingerprint density at radius 2 is 2.05 bits per heavy atom. The summed E-state index contributed by atoms with van der Waals surface area (Å²) in [5.41, 5.74) is 0.797. The van der Waals surface area contributed by atoms with Crippen LogP contribution in [0.4, 0.5) is 11.7 Å². The number of hydrogen-bond acceptors (Lipinski definition) is 6. The molecule has 0 saturated carbocycles. The standard InChI is InChI=1S/C14H19BrN4O2/c1-14(2,3)16-8-12-18-19-13(21-12)17-11-7-9(20-4)5-6-10(11)15/h5-7,16H,8H2,1-4H3,(H,17,19). The summed E-state index contributed by atoms with van der Waals surface area (Å²) in [5, 5.41) is 14.3. The molecular weight excluding hydrogens is 336 g/mol. The molecule has 7 heteroatoms. The lowest BCUT2D eigenvalue weighted by Crippen LogP contribution is -2.35. The number of hydrogen-bond donors (Lipinski definition) is 2. The summed E-state index contributed by atoms with van der Waals surface area (Å²) < 4.78 is 11.6. The lowest BCUT2D eigenvalue weighted by Gasteiger charge is -2.18. The second-order valence-corrected chi connectivity index (χ2v) is 6.43. The Morgan fingerprint density at radius 1 is 1.29 bits per heavy atom. The van der Waals surface area contributed by atoms with Gasteiger partial charge in [-0.25, -0.2) is 0 Å². The average molecular weight is 355 g/mol. The van der Waals surface area contributed by atoms with E-state index >= 15 is 0 Å². The van der Waals surface area contributed by atoms with Crippen LogP contribution in [0.2, 0.25) is 0 Å². The number of benzene rings is 1. The molecule has 0 radical (unpaired) electrons. The Hall–Kier alpha value is -1.60. The molecule has 0 atom stereocenters. The largest absolute Gasteiger partial charge is 0.497 e. The van der Waals surface area contributed by atoms with Gasteiger partial charge in [-0.05, 0) is 48.8 Å². The highest BCUT2D eigenvalue weighted by molar-refractivity contribution is 9.10. The van der Waals surface area contributed by atoms with E-state index in [0.29, 0.717) is 18.5 Å². The highest BCUT2D eigenvalue weighted by Crippen LogP contribution is 2.29. The lowest BCUT2D eigenvalue weighted by atomic mass is 10.1. The Balaban J connectivity index is 2.05. The van der Waals surface area contributed by atoms with Crippen LogP contribution in [0.5, 0.6) is 5.75 Å². The van der Waals surface area contributed by atoms with Crippen molar-refractivity contribution in [3.05, 3.63) is 28.6 Å². The van der Waals surface area contributed by atoms with Gasteiger partial charge in [0.05, 0.1) is 19.3 Å². The van der Waals surface area contributed by atoms with Gasteiger partial charge in [0.15, 0.2) is 0 Å². The third kappa shape index (κ3) is 4.71. The van der Waals surface area contributed by atoms with E-state index in [1.54, 1.807) is 7.11 Å². The van der Waals surface area contributed by atoms with Gasteiger partial charge < -0.3 is 19.8 Å². The molecule has 0 fully saturated rings. The van der Waals surface area contributed by atoms with Crippen molar-refractivity contribution in [2.45, 2.75) is 32.9 Å². The van der Waals surface area contributed by atoms with E-state index in [-0.39, 0.29) is 5.54 Å². The molecule has 0 bridgehead atoms. The van der Waals surface area contributed by atoms with Crippen molar-refractivity contribution in [2.24, 2.45) is 0 Å². The minimum absolute atomic E-state index is 0.00210. The Morgan fingerprint density at radius 3 is 2.71 bits per heavy atom. The topological polar surface area (TPSA) is 72.2 Å². The first-order chi connectivity index (χ1) is 9.87. The molecule has 21 heavy (non-hydrogen) atoms. The van der Waals surface area contributed by atoms with Crippen molar-refractivity contribution in [2.75, 3.05) is 12.4 Å². The zero-order valence-electron chi connectivity index (χ0n) is 12.5. The maximum atomic E-state index is 5.55. The Kier molecular flexibility index (Phi) is 4.84. The number of methoxy groups -OCH3 is 1. The molecule has 2 aromatic rings. The molecule has 1 aromatic carbocycles. The molecule has 0 unspecified atom stereocenters. The van der Waals surface area contributed by atoms with Crippen molar-refractivity contribution in [1.29, 1.82) is 0 Å². The summed E-state index contributed by atoms with van der Waals surface area (Å²) in [4.78, 5) is 0. The number of anilines is 2. The normalized spacial score (nSPS) is 11.5. The van der Waals surface area contributed by atoms with Crippen molar-refractivity contribution in [1.82, 2.24) is 15.5 Å². The molecule has 114 valence electrons. The second-order valence-electron chi connectivity index (χ2n) is 5.58. The minimum Gasteiger partial charge on any atom is -0.497 e. The van der Waals surface area contributed by atoms with Crippen LogP contribution in [0.25, 0.3) is 0 Å². The quantitative estimate of drug-likeness (QED) is 0.856. The fraction of sp³-hybridized carbons (Fsp3) is 0.429. The van der Waals surface area contributed by atoms with Crippen LogP contribution in [-0.4, -0.2) is 22.8 Å². The Bertz CT molecular complexity index is 607. The number of aromatic nitrogens is 2. The molecule has 2 N–H and O–H groups in total. The first-order valence-electron chi connectivity index (χ1n) is 6.55. The van der Waals surface area contributed by atoms with Crippen molar-refractivity contribution < 1.29 is 9.15 Å². The molecule has 0 aliphatic carbocycles. The van der Waals surface area contributed by atoms with E-state index < -0.39 is 0 Å². The summed E-state index contributed by atoms with van der Waals surface area (Å²) in [6.07, 6.45) is 0. The fourth-order valence-electron chi connectivity index (χ4n) is 1.56. The molecule has 0 aliphatic heterocycles. The third-order valence-electron chi connectivity index (χ3n) is 2.65. The van der Waals surface area contributed by atoms with Gasteiger partial charge in [0.25, 0.3) is 0 Å². The highest BCUT2D eigenvalue weighted by atomic mass is 79.9. The SMILES string of the molecule is COc1ccc(Br)c(Nc2nnc(CNC(C)(C)C)o2)c1. The molecule has 1 aromatic heterocycles. The van der Waals surface area contributed by atoms with E-state index in [0.717, 1.165) is 15.9 Å². The molecule has 0 amide bonds. The van der Waals surface area contributed by atoms with Crippen LogP contribution >= 0.6 is 15.9 Å². The van der Waals surface area contributed by atoms with Crippen LogP contribution in [-0.2, 0) is 6.54 Å². The number of nitrogens with one attached hydrogen (secondary N) is 2. The smallest absolute Gasteiger partial charge is 0.320 e. The van der Waals surface area contributed by atoms with Crippen LogP contribution in [0, 0.1) is 0 Å². The molecule has 6 nitrogen and oxygen atoms in total. The van der Waals surface area contributed by atoms with Crippen LogP contribution < -0.4 is 15.4 Å². The summed E-state index contributed by atoms with van der Waals surface area (Å²) in [5.74, 6) is 1.28. The van der Waals surface area contributed by atoms with Gasteiger partial charge in [0, 0.05) is 16.1 Å².